The number of benzene rings is 3. The van der Waals surface area contributed by atoms with Crippen molar-refractivity contribution in [3.05, 3.63) is 96.3 Å². The predicted molar refractivity (Wildman–Crippen MR) is 106 cm³/mol. The van der Waals surface area contributed by atoms with Gasteiger partial charge in [-0.3, -0.25) is 9.78 Å². The van der Waals surface area contributed by atoms with E-state index in [9.17, 15) is 4.79 Å². The Morgan fingerprint density at radius 1 is 0.846 bits per heavy atom. The fourth-order valence-corrected chi connectivity index (χ4v) is 3.10. The van der Waals surface area contributed by atoms with Gasteiger partial charge in [0.15, 0.2) is 0 Å². The molecule has 126 valence electrons. The molecule has 0 atom stereocenters. The van der Waals surface area contributed by atoms with Gasteiger partial charge in [0.1, 0.15) is 5.69 Å². The van der Waals surface area contributed by atoms with Gasteiger partial charge in [0, 0.05) is 17.3 Å². The third-order valence-electron chi connectivity index (χ3n) is 4.41. The molecule has 1 amide bonds. The van der Waals surface area contributed by atoms with Crippen molar-refractivity contribution in [2.45, 2.75) is 6.92 Å². The third-order valence-corrected chi connectivity index (χ3v) is 4.41. The van der Waals surface area contributed by atoms with Gasteiger partial charge in [-0.1, -0.05) is 66.2 Å². The van der Waals surface area contributed by atoms with E-state index in [1.165, 1.54) is 5.56 Å². The third kappa shape index (κ3) is 3.07. The fourth-order valence-electron chi connectivity index (χ4n) is 3.10. The van der Waals surface area contributed by atoms with E-state index in [0.29, 0.717) is 5.69 Å². The summed E-state index contributed by atoms with van der Waals surface area (Å²) < 4.78 is 0. The van der Waals surface area contributed by atoms with Crippen LogP contribution in [0.25, 0.3) is 21.9 Å². The van der Waals surface area contributed by atoms with Gasteiger partial charge in [0.2, 0.25) is 0 Å². The molecule has 0 aliphatic rings. The average Bonchev–Trinajstić information content (AvgIpc) is 2.69. The van der Waals surface area contributed by atoms with E-state index >= 15 is 0 Å². The van der Waals surface area contributed by atoms with Crippen molar-refractivity contribution >= 4 is 22.4 Å². The molecule has 0 aliphatic heterocycles. The van der Waals surface area contributed by atoms with Crippen LogP contribution in [0.5, 0.6) is 0 Å². The maximum Gasteiger partial charge on any atom is 0.274 e. The van der Waals surface area contributed by atoms with Crippen LogP contribution >= 0.6 is 0 Å². The Labute approximate surface area is 152 Å². The Balaban J connectivity index is 1.83. The molecule has 3 heteroatoms. The second-order valence-electron chi connectivity index (χ2n) is 6.24. The minimum absolute atomic E-state index is 0.211. The molecule has 0 bridgehead atoms. The smallest absolute Gasteiger partial charge is 0.274 e. The van der Waals surface area contributed by atoms with Crippen molar-refractivity contribution < 1.29 is 4.79 Å². The quantitative estimate of drug-likeness (QED) is 0.539. The molecule has 0 fully saturated rings. The summed E-state index contributed by atoms with van der Waals surface area (Å²) in [5, 5.41) is 5.14. The summed E-state index contributed by atoms with van der Waals surface area (Å²) in [6, 6.07) is 25.9. The molecule has 0 saturated carbocycles. The van der Waals surface area contributed by atoms with Gasteiger partial charge in [-0.25, -0.2) is 0 Å². The normalized spacial score (nSPS) is 10.7. The maximum absolute atomic E-state index is 12.6. The Morgan fingerprint density at radius 2 is 1.62 bits per heavy atom. The monoisotopic (exact) mass is 338 g/mol. The first kappa shape index (κ1) is 16.0. The number of pyridine rings is 1. The van der Waals surface area contributed by atoms with Crippen molar-refractivity contribution in [2.24, 2.45) is 0 Å². The highest BCUT2D eigenvalue weighted by Gasteiger charge is 2.12. The lowest BCUT2D eigenvalue weighted by molar-refractivity contribution is 0.102. The maximum atomic E-state index is 12.6. The Hall–Kier alpha value is -3.46. The summed E-state index contributed by atoms with van der Waals surface area (Å²) >= 11 is 0. The second-order valence-corrected chi connectivity index (χ2v) is 6.24. The highest BCUT2D eigenvalue weighted by atomic mass is 16.1. The Morgan fingerprint density at radius 3 is 2.35 bits per heavy atom. The number of aromatic nitrogens is 1. The van der Waals surface area contributed by atoms with E-state index < -0.39 is 0 Å². The van der Waals surface area contributed by atoms with Crippen LogP contribution in [0.3, 0.4) is 0 Å². The zero-order valence-electron chi connectivity index (χ0n) is 14.4. The number of fused-ring (bicyclic) bond motifs is 1. The molecule has 1 aromatic heterocycles. The van der Waals surface area contributed by atoms with Crippen LogP contribution in [0.1, 0.15) is 16.1 Å². The average molecular weight is 338 g/mol. The van der Waals surface area contributed by atoms with E-state index in [1.807, 2.05) is 24.3 Å². The van der Waals surface area contributed by atoms with Crippen LogP contribution in [0.4, 0.5) is 5.69 Å². The zero-order chi connectivity index (χ0) is 17.9. The van der Waals surface area contributed by atoms with Gasteiger partial charge >= 0.3 is 0 Å². The van der Waals surface area contributed by atoms with Crippen molar-refractivity contribution in [1.82, 2.24) is 4.98 Å². The molecule has 1 N–H and O–H groups in total. The molecule has 4 aromatic rings. The highest BCUT2D eigenvalue weighted by molar-refractivity contribution is 6.12. The van der Waals surface area contributed by atoms with Crippen LogP contribution in [0.2, 0.25) is 0 Å². The van der Waals surface area contributed by atoms with Gasteiger partial charge < -0.3 is 5.32 Å². The molecule has 4 rings (SSSR count). The van der Waals surface area contributed by atoms with E-state index in [-0.39, 0.29) is 5.91 Å². The summed E-state index contributed by atoms with van der Waals surface area (Å²) in [5.74, 6) is -0.211. The molecular weight excluding hydrogens is 320 g/mol. The summed E-state index contributed by atoms with van der Waals surface area (Å²) in [5.41, 5.74) is 4.63. The van der Waals surface area contributed by atoms with Crippen LogP contribution in [-0.2, 0) is 0 Å². The van der Waals surface area contributed by atoms with Crippen molar-refractivity contribution in [2.75, 3.05) is 5.32 Å². The first-order valence-corrected chi connectivity index (χ1v) is 8.53. The lowest BCUT2D eigenvalue weighted by Gasteiger charge is -2.13. The van der Waals surface area contributed by atoms with Gasteiger partial charge in [-0.05, 0) is 41.6 Å². The number of hydrogen-bond donors (Lipinski definition) is 1. The first-order valence-electron chi connectivity index (χ1n) is 8.53. The standard InChI is InChI=1S/C23H18N2O/c1-16-11-13-17(14-12-16)19-8-4-6-18-7-5-10-20(22(18)19)25-23(26)21-9-2-3-15-24-21/h2-15H,1H3,(H,25,26). The number of aryl methyl sites for hydroxylation is 1. The van der Waals surface area contributed by atoms with Gasteiger partial charge in [0.25, 0.3) is 5.91 Å². The molecule has 3 nitrogen and oxygen atoms in total. The van der Waals surface area contributed by atoms with Gasteiger partial charge in [0.05, 0.1) is 0 Å². The summed E-state index contributed by atoms with van der Waals surface area (Å²) in [4.78, 5) is 16.7. The van der Waals surface area contributed by atoms with Gasteiger partial charge in [-0.2, -0.15) is 0 Å². The van der Waals surface area contributed by atoms with Crippen LogP contribution < -0.4 is 5.32 Å². The Kier molecular flexibility index (Phi) is 4.20. The van der Waals surface area contributed by atoms with Crippen molar-refractivity contribution in [3.63, 3.8) is 0 Å². The topological polar surface area (TPSA) is 42.0 Å². The van der Waals surface area contributed by atoms with Crippen molar-refractivity contribution in [3.8, 4) is 11.1 Å². The number of anilines is 1. The molecule has 1 heterocycles. The minimum atomic E-state index is -0.211. The molecule has 26 heavy (non-hydrogen) atoms. The summed E-state index contributed by atoms with van der Waals surface area (Å²) in [7, 11) is 0. The second kappa shape index (κ2) is 6.81. The van der Waals surface area contributed by atoms with E-state index in [4.69, 9.17) is 0 Å². The molecule has 0 saturated heterocycles. The zero-order valence-corrected chi connectivity index (χ0v) is 14.4. The van der Waals surface area contributed by atoms with E-state index in [2.05, 4.69) is 59.7 Å². The number of carbonyl (C=O) groups excluding carboxylic acids is 1. The fraction of sp³-hybridized carbons (Fsp3) is 0.0435. The van der Waals surface area contributed by atoms with Crippen LogP contribution in [0, 0.1) is 6.92 Å². The number of amides is 1. The molecule has 3 aromatic carbocycles. The first-order chi connectivity index (χ1) is 12.7. The van der Waals surface area contributed by atoms with Crippen LogP contribution in [0.15, 0.2) is 85.1 Å². The molecule has 0 aliphatic carbocycles. The molecular formula is C23H18N2O. The predicted octanol–water partition coefficient (Wildman–Crippen LogP) is 5.46. The number of carbonyl (C=O) groups is 1. The summed E-state index contributed by atoms with van der Waals surface area (Å²) in [6.07, 6.45) is 1.62. The SMILES string of the molecule is Cc1ccc(-c2cccc3cccc(NC(=O)c4ccccn4)c23)cc1. The van der Waals surface area contributed by atoms with E-state index in [0.717, 1.165) is 27.6 Å². The minimum Gasteiger partial charge on any atom is -0.320 e. The highest BCUT2D eigenvalue weighted by Crippen LogP contribution is 2.34. The van der Waals surface area contributed by atoms with E-state index in [1.54, 1.807) is 18.3 Å². The largest absolute Gasteiger partial charge is 0.320 e. The number of nitrogens with one attached hydrogen (secondary N) is 1. The number of nitrogens with zero attached hydrogens (tertiary/aromatic N) is 1. The van der Waals surface area contributed by atoms with Gasteiger partial charge in [-0.15, -0.1) is 0 Å². The summed E-state index contributed by atoms with van der Waals surface area (Å²) in [6.45, 7) is 2.07. The molecule has 0 spiro atoms. The lowest BCUT2D eigenvalue weighted by atomic mass is 9.96. The lowest BCUT2D eigenvalue weighted by Crippen LogP contribution is -2.13. The molecule has 0 radical (unpaired) electrons. The number of rotatable bonds is 3. The van der Waals surface area contributed by atoms with Crippen LogP contribution in [-0.4, -0.2) is 10.9 Å². The Bertz CT molecular complexity index is 1070. The van der Waals surface area contributed by atoms with Crippen molar-refractivity contribution in [1.29, 1.82) is 0 Å². The molecule has 0 unspecified atom stereocenters. The number of hydrogen-bond acceptors (Lipinski definition) is 2.